The van der Waals surface area contributed by atoms with Gasteiger partial charge in [-0.25, -0.2) is 0 Å². The lowest BCUT2D eigenvalue weighted by atomic mass is 9.96. The fourth-order valence-corrected chi connectivity index (χ4v) is 3.69. The van der Waals surface area contributed by atoms with Crippen LogP contribution in [0.4, 0.5) is 0 Å². The first-order valence-electron chi connectivity index (χ1n) is 7.82. The van der Waals surface area contributed by atoms with Gasteiger partial charge in [-0.3, -0.25) is 4.90 Å². The third-order valence-electron chi connectivity index (χ3n) is 4.53. The molecule has 0 aromatic heterocycles. The quantitative estimate of drug-likeness (QED) is 0.835. The second-order valence-electron chi connectivity index (χ2n) is 6.17. The van der Waals surface area contributed by atoms with Crippen molar-refractivity contribution in [2.45, 2.75) is 63.6 Å². The van der Waals surface area contributed by atoms with Crippen LogP contribution in [0.25, 0.3) is 0 Å². The van der Waals surface area contributed by atoms with Gasteiger partial charge < -0.3 is 5.73 Å². The smallest absolute Gasteiger partial charge is 0.0496 e. The minimum atomic E-state index is 0.0988. The van der Waals surface area contributed by atoms with E-state index in [1.807, 2.05) is 12.1 Å². The van der Waals surface area contributed by atoms with Gasteiger partial charge in [-0.2, -0.15) is 0 Å². The topological polar surface area (TPSA) is 29.3 Å². The van der Waals surface area contributed by atoms with E-state index >= 15 is 0 Å². The maximum absolute atomic E-state index is 6.28. The maximum Gasteiger partial charge on any atom is 0.0496 e. The van der Waals surface area contributed by atoms with Crippen LogP contribution in [0.1, 0.15) is 57.1 Å². The molecule has 0 saturated heterocycles. The summed E-state index contributed by atoms with van der Waals surface area (Å²) < 4.78 is 0. The van der Waals surface area contributed by atoms with Gasteiger partial charge in [0.2, 0.25) is 0 Å². The van der Waals surface area contributed by atoms with Crippen LogP contribution in [-0.2, 0) is 0 Å². The molecule has 0 heterocycles. The molecule has 1 fully saturated rings. The molecule has 1 aliphatic rings. The van der Waals surface area contributed by atoms with E-state index in [1.54, 1.807) is 0 Å². The normalized spacial score (nSPS) is 20.6. The van der Waals surface area contributed by atoms with Gasteiger partial charge in [-0.1, -0.05) is 49.4 Å². The highest BCUT2D eigenvalue weighted by atomic mass is 35.5. The molecule has 0 amide bonds. The Balaban J connectivity index is 2.18. The number of nitrogens with two attached hydrogens (primary N) is 1. The molecule has 2 N–H and O–H groups in total. The lowest BCUT2D eigenvalue weighted by Gasteiger charge is -2.37. The fourth-order valence-electron chi connectivity index (χ4n) is 3.49. The van der Waals surface area contributed by atoms with Gasteiger partial charge in [0.05, 0.1) is 0 Å². The van der Waals surface area contributed by atoms with E-state index in [0.717, 1.165) is 5.02 Å². The zero-order valence-electron chi connectivity index (χ0n) is 12.7. The Morgan fingerprint density at radius 3 is 2.40 bits per heavy atom. The number of nitrogens with zero attached hydrogens (tertiary/aromatic N) is 1. The van der Waals surface area contributed by atoms with Crippen molar-refractivity contribution in [2.75, 3.05) is 7.05 Å². The van der Waals surface area contributed by atoms with Gasteiger partial charge in [0.25, 0.3) is 0 Å². The van der Waals surface area contributed by atoms with E-state index in [9.17, 15) is 0 Å². The molecule has 3 heteroatoms. The average molecular weight is 295 g/mol. The first kappa shape index (κ1) is 15.8. The van der Waals surface area contributed by atoms with Gasteiger partial charge in [0.15, 0.2) is 0 Å². The predicted octanol–water partition coefficient (Wildman–Crippen LogP) is 4.38. The molecule has 1 aliphatic carbocycles. The summed E-state index contributed by atoms with van der Waals surface area (Å²) in [4.78, 5) is 2.49. The standard InChI is InChI=1S/C17H27ClN2/c1-13(19)17(14-8-7-9-15(18)12-14)20(2)16-10-5-3-4-6-11-16/h7-9,12-13,16-17H,3-6,10-11,19H2,1-2H3. The fraction of sp³-hybridized carbons (Fsp3) is 0.647. The average Bonchev–Trinajstić information content (AvgIpc) is 2.67. The zero-order valence-corrected chi connectivity index (χ0v) is 13.4. The Morgan fingerprint density at radius 2 is 1.85 bits per heavy atom. The van der Waals surface area contributed by atoms with Crippen LogP contribution in [0.2, 0.25) is 5.02 Å². The maximum atomic E-state index is 6.28. The van der Waals surface area contributed by atoms with Crippen molar-refractivity contribution in [2.24, 2.45) is 5.73 Å². The number of rotatable bonds is 4. The van der Waals surface area contributed by atoms with Crippen molar-refractivity contribution >= 4 is 11.6 Å². The monoisotopic (exact) mass is 294 g/mol. The lowest BCUT2D eigenvalue weighted by molar-refractivity contribution is 0.141. The summed E-state index contributed by atoms with van der Waals surface area (Å²) in [6.45, 7) is 2.10. The van der Waals surface area contributed by atoms with E-state index in [1.165, 1.54) is 44.1 Å². The van der Waals surface area contributed by atoms with Crippen LogP contribution in [0.5, 0.6) is 0 Å². The van der Waals surface area contributed by atoms with Crippen molar-refractivity contribution in [3.8, 4) is 0 Å². The number of halogens is 1. The van der Waals surface area contributed by atoms with Crippen LogP contribution < -0.4 is 5.73 Å². The summed E-state index contributed by atoms with van der Waals surface area (Å²) in [7, 11) is 2.23. The Hall–Kier alpha value is -0.570. The molecule has 0 aliphatic heterocycles. The molecule has 0 bridgehead atoms. The molecule has 112 valence electrons. The summed E-state index contributed by atoms with van der Waals surface area (Å²) in [5.41, 5.74) is 7.52. The third kappa shape index (κ3) is 3.97. The van der Waals surface area contributed by atoms with Crippen molar-refractivity contribution in [3.63, 3.8) is 0 Å². The number of hydrogen-bond acceptors (Lipinski definition) is 2. The molecule has 2 rings (SSSR count). The number of benzene rings is 1. The number of likely N-dealkylation sites (N-methyl/N-ethyl adjacent to an activating group) is 1. The Bertz CT molecular complexity index is 411. The largest absolute Gasteiger partial charge is 0.326 e. The van der Waals surface area contributed by atoms with Crippen molar-refractivity contribution in [1.29, 1.82) is 0 Å². The van der Waals surface area contributed by atoms with Gasteiger partial charge in [-0.15, -0.1) is 0 Å². The zero-order chi connectivity index (χ0) is 14.5. The molecule has 1 aromatic rings. The SMILES string of the molecule is CC(N)C(c1cccc(Cl)c1)N(C)C1CCCCCC1. The van der Waals surface area contributed by atoms with E-state index in [0.29, 0.717) is 6.04 Å². The molecule has 1 aromatic carbocycles. The highest BCUT2D eigenvalue weighted by molar-refractivity contribution is 6.30. The minimum absolute atomic E-state index is 0.0988. The molecule has 2 unspecified atom stereocenters. The summed E-state index contributed by atoms with van der Waals surface area (Å²) in [5, 5.41) is 0.794. The molecule has 20 heavy (non-hydrogen) atoms. The van der Waals surface area contributed by atoms with Crippen LogP contribution in [0.15, 0.2) is 24.3 Å². The van der Waals surface area contributed by atoms with E-state index in [4.69, 9.17) is 17.3 Å². The number of hydrogen-bond donors (Lipinski definition) is 1. The van der Waals surface area contributed by atoms with Gasteiger partial charge in [-0.05, 0) is 44.5 Å². The Labute approximate surface area is 128 Å². The second kappa shape index (κ2) is 7.44. The summed E-state index contributed by atoms with van der Waals surface area (Å²) in [6, 6.07) is 9.14. The van der Waals surface area contributed by atoms with Crippen molar-refractivity contribution < 1.29 is 0 Å². The van der Waals surface area contributed by atoms with E-state index in [2.05, 4.69) is 31.0 Å². The van der Waals surface area contributed by atoms with Crippen LogP contribution in [0.3, 0.4) is 0 Å². The second-order valence-corrected chi connectivity index (χ2v) is 6.61. The Morgan fingerprint density at radius 1 is 1.20 bits per heavy atom. The van der Waals surface area contributed by atoms with E-state index in [-0.39, 0.29) is 12.1 Å². The van der Waals surface area contributed by atoms with Gasteiger partial charge in [0, 0.05) is 23.1 Å². The summed E-state index contributed by atoms with van der Waals surface area (Å²) in [6.07, 6.45) is 8.03. The summed E-state index contributed by atoms with van der Waals surface area (Å²) >= 11 is 6.15. The summed E-state index contributed by atoms with van der Waals surface area (Å²) in [5.74, 6) is 0. The van der Waals surface area contributed by atoms with Gasteiger partial charge >= 0.3 is 0 Å². The van der Waals surface area contributed by atoms with Crippen molar-refractivity contribution in [3.05, 3.63) is 34.9 Å². The minimum Gasteiger partial charge on any atom is -0.326 e. The first-order chi connectivity index (χ1) is 9.59. The lowest BCUT2D eigenvalue weighted by Crippen LogP contribution is -2.42. The predicted molar refractivity (Wildman–Crippen MR) is 87.1 cm³/mol. The molecule has 0 spiro atoms. The van der Waals surface area contributed by atoms with Crippen LogP contribution in [-0.4, -0.2) is 24.0 Å². The molecular formula is C17H27ClN2. The first-order valence-corrected chi connectivity index (χ1v) is 8.20. The molecule has 0 radical (unpaired) electrons. The molecule has 1 saturated carbocycles. The highest BCUT2D eigenvalue weighted by Crippen LogP contribution is 2.30. The van der Waals surface area contributed by atoms with Gasteiger partial charge in [0.1, 0.15) is 0 Å². The molecule has 2 atom stereocenters. The highest BCUT2D eigenvalue weighted by Gasteiger charge is 2.27. The van der Waals surface area contributed by atoms with Crippen LogP contribution >= 0.6 is 11.6 Å². The van der Waals surface area contributed by atoms with Crippen molar-refractivity contribution in [1.82, 2.24) is 4.90 Å². The molecular weight excluding hydrogens is 268 g/mol. The molecule has 2 nitrogen and oxygen atoms in total. The third-order valence-corrected chi connectivity index (χ3v) is 4.76. The van der Waals surface area contributed by atoms with E-state index < -0.39 is 0 Å². The van der Waals surface area contributed by atoms with Crippen LogP contribution in [0, 0.1) is 0 Å². The Kier molecular flexibility index (Phi) is 5.88.